The highest BCUT2D eigenvalue weighted by Gasteiger charge is 2.32. The summed E-state index contributed by atoms with van der Waals surface area (Å²) in [6.07, 6.45) is 4.39. The van der Waals surface area contributed by atoms with Crippen LogP contribution in [-0.2, 0) is 9.53 Å². The van der Waals surface area contributed by atoms with E-state index in [1.54, 1.807) is 0 Å². The molecule has 0 aromatic carbocycles. The fourth-order valence-corrected chi connectivity index (χ4v) is 3.04. The molecule has 0 aliphatic carbocycles. The van der Waals surface area contributed by atoms with Crippen molar-refractivity contribution < 1.29 is 9.53 Å². The number of likely N-dealkylation sites (tertiary alicyclic amines) is 1. The van der Waals surface area contributed by atoms with Crippen LogP contribution in [0, 0.1) is 11.8 Å². The molecule has 0 saturated carbocycles. The van der Waals surface area contributed by atoms with Crippen LogP contribution in [0.5, 0.6) is 0 Å². The molecule has 2 atom stereocenters. The van der Waals surface area contributed by atoms with E-state index in [1.165, 1.54) is 19.5 Å². The molecule has 1 aliphatic rings. The van der Waals surface area contributed by atoms with E-state index in [0.717, 1.165) is 37.6 Å². The minimum Gasteiger partial charge on any atom is -0.465 e. The molecular formula is C17H34N2O2. The second-order valence-corrected chi connectivity index (χ2v) is 6.85. The summed E-state index contributed by atoms with van der Waals surface area (Å²) in [5, 5.41) is 3.13. The van der Waals surface area contributed by atoms with Crippen LogP contribution < -0.4 is 5.32 Å². The summed E-state index contributed by atoms with van der Waals surface area (Å²) >= 11 is 0. The number of rotatable bonds is 9. The molecule has 0 bridgehead atoms. The Morgan fingerprint density at radius 1 is 1.43 bits per heavy atom. The summed E-state index contributed by atoms with van der Waals surface area (Å²) in [5.74, 6) is 1.53. The highest BCUT2D eigenvalue weighted by molar-refractivity contribution is 5.80. The van der Waals surface area contributed by atoms with E-state index in [0.29, 0.717) is 6.61 Å². The van der Waals surface area contributed by atoms with Crippen molar-refractivity contribution in [1.29, 1.82) is 0 Å². The molecule has 1 saturated heterocycles. The smallest absolute Gasteiger partial charge is 0.326 e. The Balaban J connectivity index is 2.25. The number of likely N-dealkylation sites (N-methyl/N-ethyl adjacent to an activating group) is 1. The molecule has 1 N–H and O–H groups in total. The maximum atomic E-state index is 12.0. The first-order valence-corrected chi connectivity index (χ1v) is 8.51. The number of unbranched alkanes of at least 4 members (excludes halogenated alkanes) is 1. The Labute approximate surface area is 130 Å². The van der Waals surface area contributed by atoms with E-state index >= 15 is 0 Å². The van der Waals surface area contributed by atoms with Crippen LogP contribution in [-0.4, -0.2) is 49.7 Å². The molecule has 0 aromatic heterocycles. The Kier molecular flexibility index (Phi) is 7.67. The van der Waals surface area contributed by atoms with Gasteiger partial charge in [-0.2, -0.15) is 0 Å². The lowest BCUT2D eigenvalue weighted by Crippen LogP contribution is -2.48. The van der Waals surface area contributed by atoms with Gasteiger partial charge >= 0.3 is 5.97 Å². The lowest BCUT2D eigenvalue weighted by atomic mass is 9.95. The monoisotopic (exact) mass is 298 g/mol. The van der Waals surface area contributed by atoms with Crippen molar-refractivity contribution in [3.8, 4) is 0 Å². The SMILES string of the molecule is CCOC(=O)C(C)(CCCCN1CCC(C(C)C)C1)NC. The number of hydrogen-bond donors (Lipinski definition) is 1. The van der Waals surface area contributed by atoms with E-state index in [-0.39, 0.29) is 5.97 Å². The first kappa shape index (κ1) is 18.4. The predicted molar refractivity (Wildman–Crippen MR) is 87.3 cm³/mol. The number of carbonyl (C=O) groups excluding carboxylic acids is 1. The van der Waals surface area contributed by atoms with Crippen molar-refractivity contribution in [2.45, 2.75) is 58.9 Å². The zero-order valence-corrected chi connectivity index (χ0v) is 14.6. The van der Waals surface area contributed by atoms with Crippen LogP contribution in [0.4, 0.5) is 0 Å². The minimum atomic E-state index is -0.540. The van der Waals surface area contributed by atoms with Gasteiger partial charge in [-0.15, -0.1) is 0 Å². The average molecular weight is 298 g/mol. The lowest BCUT2D eigenvalue weighted by molar-refractivity contribution is -0.150. The van der Waals surface area contributed by atoms with Gasteiger partial charge in [0, 0.05) is 6.54 Å². The number of ether oxygens (including phenoxy) is 1. The zero-order chi connectivity index (χ0) is 15.9. The van der Waals surface area contributed by atoms with Gasteiger partial charge < -0.3 is 15.0 Å². The second kappa shape index (κ2) is 8.74. The van der Waals surface area contributed by atoms with Crippen LogP contribution >= 0.6 is 0 Å². The Hall–Kier alpha value is -0.610. The quantitative estimate of drug-likeness (QED) is 0.525. The van der Waals surface area contributed by atoms with E-state index in [9.17, 15) is 4.79 Å². The first-order valence-electron chi connectivity index (χ1n) is 8.51. The van der Waals surface area contributed by atoms with E-state index in [4.69, 9.17) is 4.74 Å². The molecule has 4 nitrogen and oxygen atoms in total. The largest absolute Gasteiger partial charge is 0.465 e. The van der Waals surface area contributed by atoms with Crippen molar-refractivity contribution in [3.63, 3.8) is 0 Å². The molecule has 1 fully saturated rings. The topological polar surface area (TPSA) is 41.6 Å². The fourth-order valence-electron chi connectivity index (χ4n) is 3.04. The van der Waals surface area contributed by atoms with Crippen LogP contribution in [0.25, 0.3) is 0 Å². The summed E-state index contributed by atoms with van der Waals surface area (Å²) in [7, 11) is 1.84. The summed E-state index contributed by atoms with van der Waals surface area (Å²) in [6, 6.07) is 0. The highest BCUT2D eigenvalue weighted by atomic mass is 16.5. The fraction of sp³-hybridized carbons (Fsp3) is 0.941. The molecule has 0 amide bonds. The maximum Gasteiger partial charge on any atom is 0.326 e. The van der Waals surface area contributed by atoms with Crippen molar-refractivity contribution in [2.75, 3.05) is 33.3 Å². The van der Waals surface area contributed by atoms with Gasteiger partial charge in [-0.05, 0) is 71.5 Å². The van der Waals surface area contributed by atoms with Gasteiger partial charge in [0.2, 0.25) is 0 Å². The van der Waals surface area contributed by atoms with Gasteiger partial charge in [-0.3, -0.25) is 4.79 Å². The molecule has 124 valence electrons. The van der Waals surface area contributed by atoms with E-state index in [1.807, 2.05) is 20.9 Å². The average Bonchev–Trinajstić information content (AvgIpc) is 2.92. The molecule has 21 heavy (non-hydrogen) atoms. The summed E-state index contributed by atoms with van der Waals surface area (Å²) in [6.45, 7) is 12.5. The summed E-state index contributed by atoms with van der Waals surface area (Å²) in [5.41, 5.74) is -0.540. The van der Waals surface area contributed by atoms with Crippen molar-refractivity contribution in [2.24, 2.45) is 11.8 Å². The first-order chi connectivity index (χ1) is 9.92. The Morgan fingerprint density at radius 3 is 2.67 bits per heavy atom. The second-order valence-electron chi connectivity index (χ2n) is 6.85. The third-order valence-electron chi connectivity index (χ3n) is 4.93. The molecule has 1 rings (SSSR count). The lowest BCUT2D eigenvalue weighted by Gasteiger charge is -2.27. The Morgan fingerprint density at radius 2 is 2.14 bits per heavy atom. The number of hydrogen-bond acceptors (Lipinski definition) is 4. The zero-order valence-electron chi connectivity index (χ0n) is 14.6. The molecular weight excluding hydrogens is 264 g/mol. The molecule has 4 heteroatoms. The standard InChI is InChI=1S/C17H34N2O2/c1-6-21-16(20)17(4,18-5)10-7-8-11-19-12-9-15(13-19)14(2)3/h14-15,18H,6-13H2,1-5H3. The van der Waals surface area contributed by atoms with Gasteiger partial charge in [-0.25, -0.2) is 0 Å². The third-order valence-corrected chi connectivity index (χ3v) is 4.93. The number of nitrogens with one attached hydrogen (secondary N) is 1. The number of nitrogens with zero attached hydrogens (tertiary/aromatic N) is 1. The molecule has 1 heterocycles. The van der Waals surface area contributed by atoms with Crippen LogP contribution in [0.3, 0.4) is 0 Å². The van der Waals surface area contributed by atoms with Gasteiger partial charge in [0.25, 0.3) is 0 Å². The molecule has 2 unspecified atom stereocenters. The van der Waals surface area contributed by atoms with Gasteiger partial charge in [0.05, 0.1) is 6.61 Å². The number of carbonyl (C=O) groups is 1. The number of esters is 1. The van der Waals surface area contributed by atoms with E-state index < -0.39 is 5.54 Å². The molecule has 0 spiro atoms. The van der Waals surface area contributed by atoms with Gasteiger partial charge in [0.15, 0.2) is 0 Å². The molecule has 1 aliphatic heterocycles. The summed E-state index contributed by atoms with van der Waals surface area (Å²) < 4.78 is 5.16. The highest BCUT2D eigenvalue weighted by Crippen LogP contribution is 2.24. The molecule has 0 aromatic rings. The maximum absolute atomic E-state index is 12.0. The molecule has 0 radical (unpaired) electrons. The van der Waals surface area contributed by atoms with Crippen molar-refractivity contribution in [1.82, 2.24) is 10.2 Å². The summed E-state index contributed by atoms with van der Waals surface area (Å²) in [4.78, 5) is 14.5. The normalized spacial score (nSPS) is 22.5. The van der Waals surface area contributed by atoms with E-state index in [2.05, 4.69) is 24.1 Å². The minimum absolute atomic E-state index is 0.131. The van der Waals surface area contributed by atoms with Crippen LogP contribution in [0.1, 0.15) is 53.4 Å². The van der Waals surface area contributed by atoms with Crippen molar-refractivity contribution >= 4 is 5.97 Å². The van der Waals surface area contributed by atoms with Crippen LogP contribution in [0.15, 0.2) is 0 Å². The van der Waals surface area contributed by atoms with Gasteiger partial charge in [0.1, 0.15) is 5.54 Å². The van der Waals surface area contributed by atoms with Crippen molar-refractivity contribution in [3.05, 3.63) is 0 Å². The third kappa shape index (κ3) is 5.59. The van der Waals surface area contributed by atoms with Crippen LogP contribution in [0.2, 0.25) is 0 Å². The van der Waals surface area contributed by atoms with Gasteiger partial charge in [-0.1, -0.05) is 13.8 Å². The predicted octanol–water partition coefficient (Wildman–Crippen LogP) is 2.68. The Bertz CT molecular complexity index is 320.